The molecule has 3 heterocycles. The minimum atomic E-state index is -1.48. The second-order valence-corrected chi connectivity index (χ2v) is 9.70. The zero-order valence-corrected chi connectivity index (χ0v) is 18.9. The van der Waals surface area contributed by atoms with Gasteiger partial charge in [0.1, 0.15) is 17.2 Å². The third-order valence-electron chi connectivity index (χ3n) is 6.18. The van der Waals surface area contributed by atoms with Crippen molar-refractivity contribution in [2.75, 3.05) is 13.2 Å². The summed E-state index contributed by atoms with van der Waals surface area (Å²) in [6, 6.07) is 1.82. The van der Waals surface area contributed by atoms with Gasteiger partial charge in [0.05, 0.1) is 24.6 Å². The number of pyridine rings is 2. The Morgan fingerprint density at radius 1 is 1.34 bits per heavy atom. The van der Waals surface area contributed by atoms with Crippen molar-refractivity contribution in [1.29, 1.82) is 0 Å². The fraction of sp³-hybridized carbons (Fsp3) is 0.542. The van der Waals surface area contributed by atoms with E-state index in [0.29, 0.717) is 35.1 Å². The number of hydrogen-bond acceptors (Lipinski definition) is 6. The standard InChI is InChI=1S/C24H30N2O6/c1-5-6-9-31-14-10-15-19(25-18(14)12-7-8-12)20-16(13(11-32-15)24(2,3)4)21(27)17(23(29)30)22(28)26-20/h10,12-13H,5-9,11H2,1-4H3,(H,29,30)(H2,26,27,28). The number of aromatic nitrogens is 2. The molecule has 8 heteroatoms. The Balaban J connectivity index is 1.95. The number of aromatic hydroxyl groups is 1. The van der Waals surface area contributed by atoms with Gasteiger partial charge in [-0.25, -0.2) is 9.78 Å². The molecular formula is C24H30N2O6. The Labute approximate surface area is 186 Å². The van der Waals surface area contributed by atoms with Crippen LogP contribution >= 0.6 is 0 Å². The van der Waals surface area contributed by atoms with Crippen LogP contribution in [0, 0.1) is 5.41 Å². The van der Waals surface area contributed by atoms with Crippen molar-refractivity contribution in [3.05, 3.63) is 33.2 Å². The van der Waals surface area contributed by atoms with Crippen molar-refractivity contribution in [2.24, 2.45) is 5.41 Å². The largest absolute Gasteiger partial charge is 0.506 e. The molecule has 1 fully saturated rings. The number of H-pyrrole nitrogens is 1. The summed E-state index contributed by atoms with van der Waals surface area (Å²) in [5, 5.41) is 20.5. The summed E-state index contributed by atoms with van der Waals surface area (Å²) in [6.07, 6.45) is 3.96. The van der Waals surface area contributed by atoms with Crippen LogP contribution in [0.2, 0.25) is 0 Å². The minimum Gasteiger partial charge on any atom is -0.506 e. The van der Waals surface area contributed by atoms with Crippen LogP contribution in [0.15, 0.2) is 10.9 Å². The van der Waals surface area contributed by atoms with E-state index < -0.39 is 22.8 Å². The zero-order valence-electron chi connectivity index (χ0n) is 18.9. The predicted octanol–water partition coefficient (Wildman–Crippen LogP) is 4.42. The number of nitrogens with one attached hydrogen (secondary N) is 1. The third kappa shape index (κ3) is 3.94. The van der Waals surface area contributed by atoms with Gasteiger partial charge in [-0.3, -0.25) is 4.79 Å². The maximum Gasteiger partial charge on any atom is 0.345 e. The number of carbonyl (C=O) groups is 1. The molecule has 0 bridgehead atoms. The molecule has 0 saturated heterocycles. The molecule has 0 amide bonds. The molecule has 8 nitrogen and oxygen atoms in total. The molecule has 1 unspecified atom stereocenters. The molecule has 32 heavy (non-hydrogen) atoms. The Morgan fingerprint density at radius 2 is 2.06 bits per heavy atom. The molecule has 1 saturated carbocycles. The SMILES string of the molecule is CCCCOc1cc2c(nc1C1CC1)-c1[nH]c(=O)c(C(=O)O)c(O)c1C(C(C)(C)C)CO2. The molecule has 3 N–H and O–H groups in total. The lowest BCUT2D eigenvalue weighted by Gasteiger charge is -2.31. The van der Waals surface area contributed by atoms with Crippen molar-refractivity contribution in [2.45, 2.75) is 65.2 Å². The van der Waals surface area contributed by atoms with Crippen LogP contribution in [0.5, 0.6) is 17.2 Å². The maximum atomic E-state index is 12.6. The number of rotatable bonds is 6. The van der Waals surface area contributed by atoms with E-state index in [1.165, 1.54) is 0 Å². The summed E-state index contributed by atoms with van der Waals surface area (Å²) >= 11 is 0. The van der Waals surface area contributed by atoms with Gasteiger partial charge in [0.15, 0.2) is 11.3 Å². The highest BCUT2D eigenvalue weighted by atomic mass is 16.5. The van der Waals surface area contributed by atoms with Crippen molar-refractivity contribution in [1.82, 2.24) is 9.97 Å². The van der Waals surface area contributed by atoms with Crippen molar-refractivity contribution in [3.8, 4) is 28.6 Å². The van der Waals surface area contributed by atoms with E-state index in [2.05, 4.69) is 11.9 Å². The second-order valence-electron chi connectivity index (χ2n) is 9.70. The molecule has 0 radical (unpaired) electrons. The fourth-order valence-electron chi connectivity index (χ4n) is 4.14. The van der Waals surface area contributed by atoms with Crippen LogP contribution in [0.25, 0.3) is 11.4 Å². The van der Waals surface area contributed by atoms with Gasteiger partial charge < -0.3 is 24.7 Å². The van der Waals surface area contributed by atoms with E-state index in [9.17, 15) is 19.8 Å². The van der Waals surface area contributed by atoms with Crippen molar-refractivity contribution in [3.63, 3.8) is 0 Å². The molecule has 0 spiro atoms. The van der Waals surface area contributed by atoms with E-state index in [4.69, 9.17) is 14.5 Å². The number of carboxylic acids is 1. The first-order valence-electron chi connectivity index (χ1n) is 11.2. The topological polar surface area (TPSA) is 122 Å². The van der Waals surface area contributed by atoms with E-state index in [1.807, 2.05) is 26.8 Å². The first-order valence-corrected chi connectivity index (χ1v) is 11.2. The second kappa shape index (κ2) is 8.15. The van der Waals surface area contributed by atoms with Gasteiger partial charge in [-0.2, -0.15) is 0 Å². The molecule has 1 aliphatic carbocycles. The zero-order chi connectivity index (χ0) is 23.2. The predicted molar refractivity (Wildman–Crippen MR) is 119 cm³/mol. The van der Waals surface area contributed by atoms with Crippen LogP contribution in [0.4, 0.5) is 0 Å². The number of carboxylic acid groups (broad SMARTS) is 1. The van der Waals surface area contributed by atoms with Gasteiger partial charge >= 0.3 is 5.97 Å². The number of aromatic amines is 1. The monoisotopic (exact) mass is 442 g/mol. The van der Waals surface area contributed by atoms with E-state index >= 15 is 0 Å². The normalized spacial score (nSPS) is 17.7. The average Bonchev–Trinajstić information content (AvgIpc) is 3.53. The Bertz CT molecular complexity index is 1110. The number of nitrogens with zero attached hydrogens (tertiary/aromatic N) is 1. The molecule has 2 aromatic heterocycles. The molecule has 2 aliphatic rings. The van der Waals surface area contributed by atoms with Gasteiger partial charge in [-0.1, -0.05) is 34.1 Å². The summed E-state index contributed by atoms with van der Waals surface area (Å²) in [7, 11) is 0. The molecular weight excluding hydrogens is 412 g/mol. The lowest BCUT2D eigenvalue weighted by atomic mass is 9.75. The van der Waals surface area contributed by atoms with Gasteiger partial charge in [0.2, 0.25) is 0 Å². The highest BCUT2D eigenvalue weighted by Gasteiger charge is 2.39. The van der Waals surface area contributed by atoms with E-state index in [1.54, 1.807) is 0 Å². The van der Waals surface area contributed by atoms with Crippen LogP contribution in [0.3, 0.4) is 0 Å². The lowest BCUT2D eigenvalue weighted by molar-refractivity contribution is 0.0691. The molecule has 1 aliphatic heterocycles. The molecule has 1 atom stereocenters. The van der Waals surface area contributed by atoms with Gasteiger partial charge in [-0.15, -0.1) is 0 Å². The third-order valence-corrected chi connectivity index (χ3v) is 6.18. The average molecular weight is 443 g/mol. The Hall–Kier alpha value is -3.03. The number of fused-ring (bicyclic) bond motifs is 3. The van der Waals surface area contributed by atoms with Crippen LogP contribution in [0.1, 0.15) is 86.8 Å². The van der Waals surface area contributed by atoms with E-state index in [0.717, 1.165) is 31.4 Å². The number of hydrogen-bond donors (Lipinski definition) is 3. The lowest BCUT2D eigenvalue weighted by Crippen LogP contribution is -2.27. The summed E-state index contributed by atoms with van der Waals surface area (Å²) in [5.74, 6) is -0.964. The molecule has 2 aromatic rings. The highest BCUT2D eigenvalue weighted by Crippen LogP contribution is 2.51. The van der Waals surface area contributed by atoms with Crippen LogP contribution in [-0.4, -0.2) is 39.4 Å². The summed E-state index contributed by atoms with van der Waals surface area (Å²) in [4.78, 5) is 31.9. The molecule has 172 valence electrons. The van der Waals surface area contributed by atoms with Crippen molar-refractivity contribution < 1.29 is 24.5 Å². The first-order chi connectivity index (χ1) is 15.1. The molecule has 0 aromatic carbocycles. The minimum absolute atomic E-state index is 0.195. The van der Waals surface area contributed by atoms with E-state index in [-0.39, 0.29) is 23.9 Å². The summed E-state index contributed by atoms with van der Waals surface area (Å²) in [5.41, 5.74) is -0.0425. The maximum absolute atomic E-state index is 12.6. The Morgan fingerprint density at radius 3 is 2.66 bits per heavy atom. The van der Waals surface area contributed by atoms with Gasteiger partial charge in [0.25, 0.3) is 5.56 Å². The Kier molecular flexibility index (Phi) is 5.65. The van der Waals surface area contributed by atoms with Crippen LogP contribution in [-0.2, 0) is 0 Å². The van der Waals surface area contributed by atoms with Gasteiger partial charge in [-0.05, 0) is 24.7 Å². The fourth-order valence-corrected chi connectivity index (χ4v) is 4.14. The smallest absolute Gasteiger partial charge is 0.345 e. The highest BCUT2D eigenvalue weighted by molar-refractivity contribution is 5.92. The van der Waals surface area contributed by atoms with Crippen LogP contribution < -0.4 is 15.0 Å². The number of aromatic carboxylic acids is 1. The summed E-state index contributed by atoms with van der Waals surface area (Å²) in [6.45, 7) is 8.82. The first kappa shape index (κ1) is 22.2. The van der Waals surface area contributed by atoms with Crippen molar-refractivity contribution >= 4 is 5.97 Å². The number of ether oxygens (including phenoxy) is 2. The molecule has 4 rings (SSSR count). The summed E-state index contributed by atoms with van der Waals surface area (Å²) < 4.78 is 12.2. The number of unbranched alkanes of at least 4 members (excludes halogenated alkanes) is 1. The van der Waals surface area contributed by atoms with Gasteiger partial charge in [0, 0.05) is 23.5 Å². The quantitative estimate of drug-likeness (QED) is 0.566.